The van der Waals surface area contributed by atoms with Crippen LogP contribution in [0.25, 0.3) is 22.2 Å². The standard InChI is InChI=1S/C14H9NO2/c16-9-10-1-3-11(4-2-10)14-12-6-8-17-13(12)5-7-15-14/h1-9H. The molecular weight excluding hydrogens is 214 g/mol. The van der Waals surface area contributed by atoms with Crippen LogP contribution < -0.4 is 0 Å². The molecule has 0 aliphatic carbocycles. The number of pyridine rings is 1. The van der Waals surface area contributed by atoms with E-state index in [1.165, 1.54) is 0 Å². The van der Waals surface area contributed by atoms with Gasteiger partial charge in [-0.3, -0.25) is 9.78 Å². The number of carbonyl (C=O) groups is 1. The van der Waals surface area contributed by atoms with Crippen LogP contribution in [-0.2, 0) is 0 Å². The number of hydrogen-bond acceptors (Lipinski definition) is 3. The Labute approximate surface area is 97.7 Å². The zero-order chi connectivity index (χ0) is 11.7. The van der Waals surface area contributed by atoms with Crippen LogP contribution in [0.4, 0.5) is 0 Å². The van der Waals surface area contributed by atoms with E-state index in [2.05, 4.69) is 4.98 Å². The largest absolute Gasteiger partial charge is 0.464 e. The number of aromatic nitrogens is 1. The fourth-order valence-electron chi connectivity index (χ4n) is 1.84. The van der Waals surface area contributed by atoms with Crippen LogP contribution in [0.15, 0.2) is 53.3 Å². The lowest BCUT2D eigenvalue weighted by Crippen LogP contribution is -1.85. The molecule has 0 radical (unpaired) electrons. The third kappa shape index (κ3) is 1.61. The molecule has 0 saturated heterocycles. The van der Waals surface area contributed by atoms with Gasteiger partial charge < -0.3 is 4.42 Å². The summed E-state index contributed by atoms with van der Waals surface area (Å²) in [6, 6.07) is 11.1. The number of carbonyl (C=O) groups excluding carboxylic acids is 1. The van der Waals surface area contributed by atoms with Gasteiger partial charge in [0.15, 0.2) is 0 Å². The average Bonchev–Trinajstić information content (AvgIpc) is 2.87. The van der Waals surface area contributed by atoms with Crippen molar-refractivity contribution in [2.75, 3.05) is 0 Å². The Morgan fingerprint density at radius 1 is 1.06 bits per heavy atom. The maximum Gasteiger partial charge on any atom is 0.150 e. The van der Waals surface area contributed by atoms with E-state index in [0.717, 1.165) is 28.5 Å². The predicted molar refractivity (Wildman–Crippen MR) is 64.8 cm³/mol. The van der Waals surface area contributed by atoms with Crippen molar-refractivity contribution in [1.82, 2.24) is 4.98 Å². The number of nitrogens with zero attached hydrogens (tertiary/aromatic N) is 1. The minimum absolute atomic E-state index is 0.660. The maximum atomic E-state index is 10.6. The van der Waals surface area contributed by atoms with Gasteiger partial charge in [-0.15, -0.1) is 0 Å². The second kappa shape index (κ2) is 3.87. The number of fused-ring (bicyclic) bond motifs is 1. The van der Waals surface area contributed by atoms with Crippen LogP contribution in [0, 0.1) is 0 Å². The molecule has 0 amide bonds. The number of benzene rings is 1. The predicted octanol–water partition coefficient (Wildman–Crippen LogP) is 3.31. The summed E-state index contributed by atoms with van der Waals surface area (Å²) >= 11 is 0. The van der Waals surface area contributed by atoms with E-state index in [9.17, 15) is 4.79 Å². The molecular formula is C14H9NO2. The van der Waals surface area contributed by atoms with Gasteiger partial charge in [-0.25, -0.2) is 0 Å². The molecule has 0 aliphatic rings. The highest BCUT2D eigenvalue weighted by Crippen LogP contribution is 2.26. The van der Waals surface area contributed by atoms with E-state index in [4.69, 9.17) is 4.42 Å². The lowest BCUT2D eigenvalue weighted by molar-refractivity contribution is 0.112. The molecule has 17 heavy (non-hydrogen) atoms. The van der Waals surface area contributed by atoms with Crippen molar-refractivity contribution in [2.24, 2.45) is 0 Å². The van der Waals surface area contributed by atoms with Gasteiger partial charge in [0, 0.05) is 22.7 Å². The zero-order valence-corrected chi connectivity index (χ0v) is 8.96. The Bertz CT molecular complexity index is 668. The molecule has 0 unspecified atom stereocenters. The van der Waals surface area contributed by atoms with Gasteiger partial charge in [-0.1, -0.05) is 24.3 Å². The van der Waals surface area contributed by atoms with Crippen molar-refractivity contribution in [3.8, 4) is 11.3 Å². The zero-order valence-electron chi connectivity index (χ0n) is 8.96. The lowest BCUT2D eigenvalue weighted by Gasteiger charge is -2.01. The van der Waals surface area contributed by atoms with E-state index in [1.807, 2.05) is 24.3 Å². The molecule has 0 atom stereocenters. The summed E-state index contributed by atoms with van der Waals surface area (Å²) in [5, 5.41) is 0.978. The highest BCUT2D eigenvalue weighted by molar-refractivity contribution is 5.91. The molecule has 2 heterocycles. The summed E-state index contributed by atoms with van der Waals surface area (Å²) in [7, 11) is 0. The summed E-state index contributed by atoms with van der Waals surface area (Å²) in [5.74, 6) is 0. The molecule has 0 N–H and O–H groups in total. The third-order valence-electron chi connectivity index (χ3n) is 2.70. The normalized spacial score (nSPS) is 10.6. The molecule has 82 valence electrons. The molecule has 3 rings (SSSR count). The lowest BCUT2D eigenvalue weighted by atomic mass is 10.1. The van der Waals surface area contributed by atoms with E-state index < -0.39 is 0 Å². The molecule has 0 spiro atoms. The minimum Gasteiger partial charge on any atom is -0.464 e. The Morgan fingerprint density at radius 2 is 1.88 bits per heavy atom. The molecule has 0 aliphatic heterocycles. The first-order chi connectivity index (χ1) is 8.38. The van der Waals surface area contributed by atoms with Crippen molar-refractivity contribution >= 4 is 17.3 Å². The SMILES string of the molecule is O=Cc1ccc(-c2nccc3occc23)cc1. The van der Waals surface area contributed by atoms with Crippen LogP contribution in [0.2, 0.25) is 0 Å². The summed E-state index contributed by atoms with van der Waals surface area (Å²) in [6.07, 6.45) is 4.19. The summed E-state index contributed by atoms with van der Waals surface area (Å²) in [4.78, 5) is 15.0. The Hall–Kier alpha value is -2.42. The van der Waals surface area contributed by atoms with E-state index in [1.54, 1.807) is 24.6 Å². The monoisotopic (exact) mass is 223 g/mol. The van der Waals surface area contributed by atoms with Gasteiger partial charge in [0.05, 0.1) is 12.0 Å². The van der Waals surface area contributed by atoms with Crippen LogP contribution in [0.5, 0.6) is 0 Å². The molecule has 1 aromatic carbocycles. The first-order valence-corrected chi connectivity index (χ1v) is 5.26. The second-order valence-electron chi connectivity index (χ2n) is 3.73. The van der Waals surface area contributed by atoms with Gasteiger partial charge >= 0.3 is 0 Å². The third-order valence-corrected chi connectivity index (χ3v) is 2.70. The topological polar surface area (TPSA) is 43.1 Å². The first kappa shape index (κ1) is 9.78. The second-order valence-corrected chi connectivity index (χ2v) is 3.73. The highest BCUT2D eigenvalue weighted by Gasteiger charge is 2.06. The number of hydrogen-bond donors (Lipinski definition) is 0. The fourth-order valence-corrected chi connectivity index (χ4v) is 1.84. The van der Waals surface area contributed by atoms with Gasteiger partial charge in [0.2, 0.25) is 0 Å². The van der Waals surface area contributed by atoms with E-state index in [-0.39, 0.29) is 0 Å². The van der Waals surface area contributed by atoms with Gasteiger partial charge in [-0.05, 0) is 12.1 Å². The molecule has 3 nitrogen and oxygen atoms in total. The Balaban J connectivity index is 2.19. The molecule has 2 aromatic heterocycles. The number of rotatable bonds is 2. The van der Waals surface area contributed by atoms with Crippen LogP contribution >= 0.6 is 0 Å². The Kier molecular flexibility index (Phi) is 2.22. The molecule has 0 fully saturated rings. The summed E-state index contributed by atoms with van der Waals surface area (Å²) < 4.78 is 5.33. The number of aldehydes is 1. The van der Waals surface area contributed by atoms with Gasteiger partial charge in [-0.2, -0.15) is 0 Å². The van der Waals surface area contributed by atoms with Crippen molar-refractivity contribution in [1.29, 1.82) is 0 Å². The Morgan fingerprint density at radius 3 is 2.65 bits per heavy atom. The molecule has 3 aromatic rings. The minimum atomic E-state index is 0.660. The first-order valence-electron chi connectivity index (χ1n) is 5.26. The highest BCUT2D eigenvalue weighted by atomic mass is 16.3. The van der Waals surface area contributed by atoms with Crippen molar-refractivity contribution in [3.63, 3.8) is 0 Å². The van der Waals surface area contributed by atoms with Crippen LogP contribution in [0.1, 0.15) is 10.4 Å². The summed E-state index contributed by atoms with van der Waals surface area (Å²) in [6.45, 7) is 0. The molecule has 0 bridgehead atoms. The summed E-state index contributed by atoms with van der Waals surface area (Å²) in [5.41, 5.74) is 3.32. The van der Waals surface area contributed by atoms with Crippen LogP contribution in [-0.4, -0.2) is 11.3 Å². The average molecular weight is 223 g/mol. The van der Waals surface area contributed by atoms with Gasteiger partial charge in [0.25, 0.3) is 0 Å². The van der Waals surface area contributed by atoms with Crippen molar-refractivity contribution in [3.05, 3.63) is 54.4 Å². The molecule has 0 saturated carbocycles. The van der Waals surface area contributed by atoms with E-state index >= 15 is 0 Å². The number of furan rings is 1. The van der Waals surface area contributed by atoms with E-state index in [0.29, 0.717) is 5.56 Å². The smallest absolute Gasteiger partial charge is 0.150 e. The quantitative estimate of drug-likeness (QED) is 0.626. The molecule has 3 heteroatoms. The fraction of sp³-hybridized carbons (Fsp3) is 0. The van der Waals surface area contributed by atoms with Crippen molar-refractivity contribution in [2.45, 2.75) is 0 Å². The van der Waals surface area contributed by atoms with Crippen molar-refractivity contribution < 1.29 is 9.21 Å². The maximum absolute atomic E-state index is 10.6. The van der Waals surface area contributed by atoms with Crippen LogP contribution in [0.3, 0.4) is 0 Å². The van der Waals surface area contributed by atoms with Gasteiger partial charge in [0.1, 0.15) is 11.9 Å².